The molecule has 15 heteroatoms. The third-order valence-electron chi connectivity index (χ3n) is 7.93. The second-order valence-corrected chi connectivity index (χ2v) is 21.8. The maximum Gasteiger partial charge on any atom is 0.425 e. The smallest absolute Gasteiger partial charge is 0.425 e. The number of ether oxygens (including phenoxy) is 2. The number of halogens is 1. The normalized spacial score (nSPS) is 17.4. The van der Waals surface area contributed by atoms with E-state index in [-0.39, 0.29) is 28.1 Å². The van der Waals surface area contributed by atoms with Crippen molar-refractivity contribution >= 4 is 48.1 Å². The van der Waals surface area contributed by atoms with Gasteiger partial charge in [0.15, 0.2) is 8.24 Å². The molecule has 1 aromatic heterocycles. The predicted molar refractivity (Wildman–Crippen MR) is 176 cm³/mol. The van der Waals surface area contributed by atoms with Crippen LogP contribution in [0.5, 0.6) is 0 Å². The number of carbonyl (C=O) groups is 4. The van der Waals surface area contributed by atoms with E-state index in [1.807, 2.05) is 33.9 Å². The van der Waals surface area contributed by atoms with Gasteiger partial charge in [-0.3, -0.25) is 9.59 Å². The highest BCUT2D eigenvalue weighted by molar-refractivity contribution is 7.90. The van der Waals surface area contributed by atoms with Crippen LogP contribution >= 0.6 is 0 Å². The van der Waals surface area contributed by atoms with Crippen molar-refractivity contribution in [3.8, 4) is 0 Å². The zero-order valence-electron chi connectivity index (χ0n) is 28.8. The summed E-state index contributed by atoms with van der Waals surface area (Å²) in [6, 6.07) is 5.85. The first-order chi connectivity index (χ1) is 21.2. The molecule has 2 atom stereocenters. The second kappa shape index (κ2) is 13.0. The van der Waals surface area contributed by atoms with Crippen LogP contribution in [0.25, 0.3) is 0 Å². The molecule has 47 heavy (non-hydrogen) atoms. The summed E-state index contributed by atoms with van der Waals surface area (Å²) in [6.45, 7) is 19.6. The van der Waals surface area contributed by atoms with Gasteiger partial charge in [-0.2, -0.15) is 4.90 Å². The molecule has 12 nitrogen and oxygen atoms in total. The number of amides is 4. The van der Waals surface area contributed by atoms with Gasteiger partial charge in [-0.25, -0.2) is 32.1 Å². The Labute approximate surface area is 277 Å². The molecule has 2 aromatic rings. The Bertz CT molecular complexity index is 1620. The quantitative estimate of drug-likeness (QED) is 0.281. The summed E-state index contributed by atoms with van der Waals surface area (Å²) >= 11 is 0. The van der Waals surface area contributed by atoms with Crippen LogP contribution in [-0.4, -0.2) is 67.4 Å². The zero-order chi connectivity index (χ0) is 35.9. The topological polar surface area (TPSA) is 152 Å². The number of benzene rings is 1. The van der Waals surface area contributed by atoms with E-state index in [4.69, 9.17) is 9.47 Å². The van der Waals surface area contributed by atoms with Gasteiger partial charge in [0.1, 0.15) is 28.9 Å². The SMILES string of the molecule is CC(C)(C)OC(=O)N(C(=O)OC(C)(C)C)c1cc(C[C@H]2C(=O)N([Si](C)(C)C(C)(C)C)[C@@H]2C(=O)NS(=O)(=O)c2ccc(F)cc2)ccn1. The Morgan fingerprint density at radius 1 is 0.936 bits per heavy atom. The van der Waals surface area contributed by atoms with Gasteiger partial charge in [0.2, 0.25) is 5.91 Å². The van der Waals surface area contributed by atoms with Gasteiger partial charge in [0.05, 0.1) is 10.8 Å². The van der Waals surface area contributed by atoms with Crippen LogP contribution in [0.2, 0.25) is 18.1 Å². The van der Waals surface area contributed by atoms with Gasteiger partial charge in [-0.1, -0.05) is 33.9 Å². The molecule has 3 rings (SSSR count). The molecule has 0 spiro atoms. The van der Waals surface area contributed by atoms with Crippen LogP contribution in [0.1, 0.15) is 67.9 Å². The van der Waals surface area contributed by atoms with Crippen LogP contribution < -0.4 is 9.62 Å². The van der Waals surface area contributed by atoms with Crippen molar-refractivity contribution in [1.29, 1.82) is 0 Å². The van der Waals surface area contributed by atoms with Crippen molar-refractivity contribution in [2.24, 2.45) is 5.92 Å². The Hall–Kier alpha value is -3.85. The fraction of sp³-hybridized carbons (Fsp3) is 0.531. The van der Waals surface area contributed by atoms with Gasteiger partial charge < -0.3 is 14.0 Å². The molecular formula is C32H45FN4O8SSi. The van der Waals surface area contributed by atoms with Crippen LogP contribution in [-0.2, 0) is 35.5 Å². The van der Waals surface area contributed by atoms with Crippen LogP contribution in [0.4, 0.5) is 19.8 Å². The summed E-state index contributed by atoms with van der Waals surface area (Å²) < 4.78 is 54.1. The summed E-state index contributed by atoms with van der Waals surface area (Å²) in [6.07, 6.45) is -0.744. The predicted octanol–water partition coefficient (Wildman–Crippen LogP) is 5.78. The standard InChI is InChI=1S/C32H45FN4O8SSi/c1-30(2,3)44-28(40)36(29(41)45-31(4,5)6)24-19-20(16-17-34-24)18-23-25(37(27(23)39)47(10,11)32(7,8)9)26(38)35-46(42,43)22-14-12-21(33)13-15-22/h12-17,19,23,25H,18H2,1-11H3,(H,35,38)/t23-,25+/m1/s1. The van der Waals surface area contributed by atoms with Gasteiger partial charge in [-0.05, 0) is 95.0 Å². The number of nitrogens with zero attached hydrogens (tertiary/aromatic N) is 3. The van der Waals surface area contributed by atoms with E-state index in [2.05, 4.69) is 9.71 Å². The number of hydrogen-bond acceptors (Lipinski definition) is 9. The highest BCUT2D eigenvalue weighted by Gasteiger charge is 2.60. The average Bonchev–Trinajstić information content (AvgIpc) is 2.87. The Morgan fingerprint density at radius 3 is 1.91 bits per heavy atom. The molecule has 4 amide bonds. The van der Waals surface area contributed by atoms with Gasteiger partial charge in [-0.15, -0.1) is 0 Å². The fourth-order valence-electron chi connectivity index (χ4n) is 4.74. The van der Waals surface area contributed by atoms with E-state index in [1.54, 1.807) is 47.6 Å². The molecule has 1 aliphatic rings. The molecular weight excluding hydrogens is 648 g/mol. The number of pyridine rings is 1. The summed E-state index contributed by atoms with van der Waals surface area (Å²) in [7, 11) is -7.09. The molecule has 0 aliphatic carbocycles. The van der Waals surface area contributed by atoms with E-state index in [0.717, 1.165) is 24.3 Å². The lowest BCUT2D eigenvalue weighted by atomic mass is 9.84. The van der Waals surface area contributed by atoms with E-state index < -0.39 is 65.3 Å². The molecule has 0 bridgehead atoms. The van der Waals surface area contributed by atoms with Crippen molar-refractivity contribution in [2.75, 3.05) is 4.90 Å². The average molecular weight is 693 g/mol. The van der Waals surface area contributed by atoms with Crippen molar-refractivity contribution in [3.63, 3.8) is 0 Å². The number of carbonyl (C=O) groups excluding carboxylic acids is 4. The molecule has 0 saturated carbocycles. The lowest BCUT2D eigenvalue weighted by Crippen LogP contribution is -2.76. The summed E-state index contributed by atoms with van der Waals surface area (Å²) in [4.78, 5) is 58.4. The minimum Gasteiger partial charge on any atom is -0.443 e. The van der Waals surface area contributed by atoms with Gasteiger partial charge >= 0.3 is 12.2 Å². The number of aromatic nitrogens is 1. The fourth-order valence-corrected chi connectivity index (χ4v) is 8.17. The number of nitrogens with one attached hydrogen (secondary N) is 1. The van der Waals surface area contributed by atoms with Crippen LogP contribution in [0.15, 0.2) is 47.5 Å². The van der Waals surface area contributed by atoms with Crippen molar-refractivity contribution in [1.82, 2.24) is 14.3 Å². The maximum absolute atomic E-state index is 13.8. The molecule has 0 radical (unpaired) electrons. The molecule has 1 fully saturated rings. The summed E-state index contributed by atoms with van der Waals surface area (Å²) in [5.41, 5.74) is -1.45. The lowest BCUT2D eigenvalue weighted by Gasteiger charge is -2.57. The number of hydrogen-bond donors (Lipinski definition) is 1. The third kappa shape index (κ3) is 8.74. The molecule has 1 N–H and O–H groups in total. The highest BCUT2D eigenvalue weighted by atomic mass is 32.2. The number of rotatable bonds is 7. The van der Waals surface area contributed by atoms with E-state index in [0.29, 0.717) is 10.5 Å². The van der Waals surface area contributed by atoms with E-state index in [1.165, 1.54) is 16.8 Å². The van der Waals surface area contributed by atoms with Gasteiger partial charge in [0.25, 0.3) is 15.9 Å². The van der Waals surface area contributed by atoms with Crippen LogP contribution in [0.3, 0.4) is 0 Å². The molecule has 258 valence electrons. The first kappa shape index (κ1) is 37.6. The summed E-state index contributed by atoms with van der Waals surface area (Å²) in [5.74, 6) is -2.97. The maximum atomic E-state index is 13.8. The van der Waals surface area contributed by atoms with Gasteiger partial charge in [0, 0.05) is 6.20 Å². The first-order valence-electron chi connectivity index (χ1n) is 15.1. The lowest BCUT2D eigenvalue weighted by molar-refractivity contribution is -0.155. The first-order valence-corrected chi connectivity index (χ1v) is 19.5. The second-order valence-electron chi connectivity index (χ2n) is 15.0. The molecule has 1 aliphatic heterocycles. The molecule has 2 heterocycles. The zero-order valence-corrected chi connectivity index (χ0v) is 30.6. The largest absolute Gasteiger partial charge is 0.443 e. The van der Waals surface area contributed by atoms with E-state index in [9.17, 15) is 32.0 Å². The molecule has 1 aromatic carbocycles. The monoisotopic (exact) mass is 692 g/mol. The Balaban J connectivity index is 2.01. The number of imide groups is 1. The summed E-state index contributed by atoms with van der Waals surface area (Å²) in [5, 5.41) is -0.382. The van der Waals surface area contributed by atoms with Crippen molar-refractivity contribution in [3.05, 3.63) is 54.0 Å². The number of β-lactam (4-membered cyclic amide) rings is 1. The molecule has 0 unspecified atom stereocenters. The van der Waals surface area contributed by atoms with E-state index >= 15 is 0 Å². The third-order valence-corrected chi connectivity index (χ3v) is 14.7. The minimum absolute atomic E-state index is 0.0371. The Morgan fingerprint density at radius 2 is 1.45 bits per heavy atom. The van der Waals surface area contributed by atoms with Crippen molar-refractivity contribution in [2.45, 2.75) is 109 Å². The Kier molecular flexibility index (Phi) is 10.4. The molecule has 1 saturated heterocycles. The highest BCUT2D eigenvalue weighted by Crippen LogP contribution is 2.45. The number of sulfonamides is 1. The van der Waals surface area contributed by atoms with Crippen molar-refractivity contribution < 1.29 is 41.5 Å². The number of anilines is 1. The van der Waals surface area contributed by atoms with Crippen LogP contribution in [0, 0.1) is 11.7 Å². The minimum atomic E-state index is -4.39.